The lowest BCUT2D eigenvalue weighted by atomic mass is 10.1. The Hall–Kier alpha value is -3.38. The molecule has 5 N–H and O–H groups in total. The molecule has 0 fully saturated rings. The highest BCUT2D eigenvalue weighted by Crippen LogP contribution is 2.18. The highest BCUT2D eigenvalue weighted by atomic mass is 32.2. The van der Waals surface area contributed by atoms with Crippen LogP contribution in [-0.4, -0.2) is 29.1 Å². The Bertz CT molecular complexity index is 1130. The van der Waals surface area contributed by atoms with Crippen molar-refractivity contribution >= 4 is 33.5 Å². The van der Waals surface area contributed by atoms with Gasteiger partial charge in [-0.3, -0.25) is 4.79 Å². The molecule has 0 atom stereocenters. The van der Waals surface area contributed by atoms with E-state index in [9.17, 15) is 22.0 Å². The molecule has 0 unspecified atom stereocenters. The van der Waals surface area contributed by atoms with Gasteiger partial charge in [0, 0.05) is 11.3 Å². The second-order valence-electron chi connectivity index (χ2n) is 5.67. The minimum Gasteiger partial charge on any atom is -0.368 e. The molecule has 0 bridgehead atoms. The van der Waals surface area contributed by atoms with Gasteiger partial charge in [0.25, 0.3) is 5.91 Å². The van der Waals surface area contributed by atoms with E-state index in [0.29, 0.717) is 10.4 Å². The Morgan fingerprint density at radius 2 is 1.71 bits per heavy atom. The van der Waals surface area contributed by atoms with Crippen LogP contribution in [0.25, 0.3) is 0 Å². The predicted molar refractivity (Wildman–Crippen MR) is 96.2 cm³/mol. The topological polar surface area (TPSA) is 146 Å². The number of sulfonamides is 1. The number of nitrogens with zero attached hydrogens (tertiary/aromatic N) is 3. The number of anilines is 3. The van der Waals surface area contributed by atoms with Crippen molar-refractivity contribution in [2.75, 3.05) is 11.1 Å². The van der Waals surface area contributed by atoms with Crippen LogP contribution in [-0.2, 0) is 16.4 Å². The van der Waals surface area contributed by atoms with Gasteiger partial charge in [0.2, 0.25) is 21.9 Å². The molecule has 0 saturated carbocycles. The Balaban J connectivity index is 1.78. The normalized spacial score (nSPS) is 11.4. The molecule has 1 aromatic heterocycles. The van der Waals surface area contributed by atoms with Crippen molar-refractivity contribution in [3.05, 3.63) is 59.7 Å². The highest BCUT2D eigenvalue weighted by molar-refractivity contribution is 7.89. The summed E-state index contributed by atoms with van der Waals surface area (Å²) < 4.78 is 50.6. The minimum atomic E-state index is -3.83. The number of nitrogens with one attached hydrogen (secondary N) is 1. The summed E-state index contributed by atoms with van der Waals surface area (Å²) in [4.78, 5) is 16.1. The van der Waals surface area contributed by atoms with Crippen LogP contribution in [0.5, 0.6) is 0 Å². The van der Waals surface area contributed by atoms with E-state index in [1.165, 1.54) is 30.3 Å². The zero-order valence-corrected chi connectivity index (χ0v) is 15.0. The van der Waals surface area contributed by atoms with E-state index in [-0.39, 0.29) is 16.8 Å². The van der Waals surface area contributed by atoms with E-state index in [1.807, 2.05) is 0 Å². The van der Waals surface area contributed by atoms with Crippen LogP contribution in [0.4, 0.5) is 26.4 Å². The summed E-state index contributed by atoms with van der Waals surface area (Å²) in [7, 11) is -3.83. The number of carbonyl (C=O) groups excluding carboxylic acids is 1. The van der Waals surface area contributed by atoms with Crippen molar-refractivity contribution in [2.45, 2.75) is 11.3 Å². The lowest BCUT2D eigenvalue weighted by Gasteiger charge is -2.05. The zero-order valence-electron chi connectivity index (χ0n) is 14.1. The summed E-state index contributed by atoms with van der Waals surface area (Å²) in [5, 5.41) is 11.6. The van der Waals surface area contributed by atoms with E-state index in [2.05, 4.69) is 15.4 Å². The van der Waals surface area contributed by atoms with Crippen LogP contribution < -0.4 is 16.2 Å². The third-order valence-electron chi connectivity index (χ3n) is 3.70. The molecule has 9 nitrogen and oxygen atoms in total. The molecule has 2 aromatic carbocycles. The van der Waals surface area contributed by atoms with Crippen LogP contribution in [0.1, 0.15) is 10.4 Å². The quantitative estimate of drug-likeness (QED) is 0.578. The van der Waals surface area contributed by atoms with Gasteiger partial charge in [0.15, 0.2) is 0 Å². The first-order valence-corrected chi connectivity index (χ1v) is 9.28. The summed E-state index contributed by atoms with van der Waals surface area (Å²) in [6.07, 6.45) is -0.603. The molecule has 3 aromatic rings. The molecule has 0 aliphatic rings. The van der Waals surface area contributed by atoms with E-state index in [1.54, 1.807) is 0 Å². The number of hydrogen-bond donors (Lipinski definition) is 3. The van der Waals surface area contributed by atoms with Crippen molar-refractivity contribution in [1.82, 2.24) is 14.8 Å². The number of hydrogen-bond acceptors (Lipinski definition) is 7. The van der Waals surface area contributed by atoms with Gasteiger partial charge in [-0.2, -0.15) is 9.67 Å². The Labute approximate surface area is 158 Å². The van der Waals surface area contributed by atoms with Gasteiger partial charge in [-0.1, -0.05) is 6.07 Å². The molecule has 146 valence electrons. The number of benzene rings is 2. The first-order chi connectivity index (χ1) is 13.1. The van der Waals surface area contributed by atoms with Gasteiger partial charge in [-0.25, -0.2) is 22.3 Å². The maximum Gasteiger partial charge on any atom is 0.254 e. The maximum atomic E-state index is 13.7. The van der Waals surface area contributed by atoms with Crippen molar-refractivity contribution in [3.63, 3.8) is 0 Å². The fourth-order valence-corrected chi connectivity index (χ4v) is 2.86. The van der Waals surface area contributed by atoms with E-state index < -0.39 is 39.5 Å². The van der Waals surface area contributed by atoms with Crippen molar-refractivity contribution in [3.8, 4) is 0 Å². The van der Waals surface area contributed by atoms with Crippen LogP contribution in [0.15, 0.2) is 47.4 Å². The summed E-state index contributed by atoms with van der Waals surface area (Å²) in [6, 6.07) is 8.61. The summed E-state index contributed by atoms with van der Waals surface area (Å²) in [5.74, 6) is -2.86. The number of halogens is 2. The van der Waals surface area contributed by atoms with Crippen LogP contribution in [0, 0.1) is 11.6 Å². The number of aromatic nitrogens is 3. The molecular weight excluding hydrogens is 394 g/mol. The minimum absolute atomic E-state index is 0.0665. The van der Waals surface area contributed by atoms with Crippen molar-refractivity contribution in [1.29, 1.82) is 0 Å². The van der Waals surface area contributed by atoms with Gasteiger partial charge in [0.05, 0.1) is 11.3 Å². The monoisotopic (exact) mass is 408 g/mol. The lowest BCUT2D eigenvalue weighted by Crippen LogP contribution is -2.19. The van der Waals surface area contributed by atoms with Gasteiger partial charge in [0.1, 0.15) is 11.6 Å². The van der Waals surface area contributed by atoms with E-state index >= 15 is 0 Å². The number of nitrogen functional groups attached to an aromatic ring is 1. The third kappa shape index (κ3) is 4.13. The molecule has 0 saturated heterocycles. The predicted octanol–water partition coefficient (Wildman–Crippen LogP) is 1.41. The summed E-state index contributed by atoms with van der Waals surface area (Å²) >= 11 is 0. The summed E-state index contributed by atoms with van der Waals surface area (Å²) in [5.41, 5.74) is 5.65. The lowest BCUT2D eigenvalue weighted by molar-refractivity contribution is 0.0899. The number of primary sulfonamides is 1. The molecular formula is C16H14F2N6O3S. The van der Waals surface area contributed by atoms with Gasteiger partial charge in [-0.15, -0.1) is 5.10 Å². The maximum absolute atomic E-state index is 13.7. The second-order valence-corrected chi connectivity index (χ2v) is 7.23. The first-order valence-electron chi connectivity index (χ1n) is 7.73. The van der Waals surface area contributed by atoms with Crippen LogP contribution >= 0.6 is 0 Å². The van der Waals surface area contributed by atoms with Gasteiger partial charge >= 0.3 is 0 Å². The second kappa shape index (κ2) is 7.32. The van der Waals surface area contributed by atoms with Crippen LogP contribution in [0.3, 0.4) is 0 Å². The van der Waals surface area contributed by atoms with Gasteiger partial charge in [-0.05, 0) is 36.4 Å². The molecule has 0 spiro atoms. The standard InChI is InChI=1S/C16H14F2N6O3S/c17-12-2-1-3-13(18)11(12)8-14(25)24-15(19)22-16(23-24)21-9-4-6-10(7-5-9)28(20,26)27/h1-7H,8H2,(H2,20,26,27)(H3,19,21,22,23). The third-order valence-corrected chi connectivity index (χ3v) is 4.63. The fourth-order valence-electron chi connectivity index (χ4n) is 2.35. The van der Waals surface area contributed by atoms with Gasteiger partial charge < -0.3 is 11.1 Å². The Kier molecular flexibility index (Phi) is 5.07. The van der Waals surface area contributed by atoms with E-state index in [4.69, 9.17) is 10.9 Å². The molecule has 0 radical (unpaired) electrons. The van der Waals surface area contributed by atoms with Crippen LogP contribution in [0.2, 0.25) is 0 Å². The number of carbonyl (C=O) groups is 1. The molecule has 12 heteroatoms. The SMILES string of the molecule is Nc1nc(Nc2ccc(S(N)(=O)=O)cc2)nn1C(=O)Cc1c(F)cccc1F. The van der Waals surface area contributed by atoms with Crippen molar-refractivity contribution < 1.29 is 22.0 Å². The molecule has 1 heterocycles. The Morgan fingerprint density at radius 1 is 1.11 bits per heavy atom. The largest absolute Gasteiger partial charge is 0.368 e. The average molecular weight is 408 g/mol. The smallest absolute Gasteiger partial charge is 0.254 e. The highest BCUT2D eigenvalue weighted by Gasteiger charge is 2.19. The van der Waals surface area contributed by atoms with E-state index in [0.717, 1.165) is 12.1 Å². The van der Waals surface area contributed by atoms with Crippen molar-refractivity contribution in [2.24, 2.45) is 5.14 Å². The Morgan fingerprint density at radius 3 is 2.29 bits per heavy atom. The first kappa shape index (κ1) is 19.4. The average Bonchev–Trinajstić information content (AvgIpc) is 2.98. The molecule has 0 aliphatic carbocycles. The number of rotatable bonds is 5. The summed E-state index contributed by atoms with van der Waals surface area (Å²) in [6.45, 7) is 0. The molecule has 3 rings (SSSR count). The fraction of sp³-hybridized carbons (Fsp3) is 0.0625. The zero-order chi connectivity index (χ0) is 20.5. The number of nitrogens with two attached hydrogens (primary N) is 2. The molecule has 28 heavy (non-hydrogen) atoms. The molecule has 0 amide bonds. The molecule has 0 aliphatic heterocycles.